The van der Waals surface area contributed by atoms with Gasteiger partial charge in [-0.2, -0.15) is 0 Å². The molecule has 1 atom stereocenters. The third kappa shape index (κ3) is 4.49. The van der Waals surface area contributed by atoms with E-state index >= 15 is 0 Å². The van der Waals surface area contributed by atoms with Crippen molar-refractivity contribution >= 4 is 29.1 Å². The Balaban J connectivity index is 2.28. The Morgan fingerprint density at radius 1 is 0.912 bits per heavy atom. The van der Waals surface area contributed by atoms with Crippen molar-refractivity contribution in [3.05, 3.63) is 52.1 Å². The molecule has 0 spiro atoms. The molecule has 34 heavy (non-hydrogen) atoms. The van der Waals surface area contributed by atoms with Crippen molar-refractivity contribution in [2.75, 3.05) is 48.7 Å². The standard InChI is InChI=1S/C24H26ClNO8/c1-30-9-8-26-21(13-6-7-16(31-2)19(10-13)34-5)20(23(28)24(26)29)22(27)14-11-18(33-4)15(25)12-17(14)32-3/h6-7,10-12,21,27H,8-9H2,1-5H3/b22-20+. The number of benzene rings is 2. The van der Waals surface area contributed by atoms with Crippen LogP contribution in [0.25, 0.3) is 5.76 Å². The molecule has 1 unspecified atom stereocenters. The van der Waals surface area contributed by atoms with E-state index in [4.69, 9.17) is 35.3 Å². The monoisotopic (exact) mass is 491 g/mol. The first-order valence-corrected chi connectivity index (χ1v) is 10.6. The molecule has 1 fully saturated rings. The Labute approximate surface area is 202 Å². The van der Waals surface area contributed by atoms with Gasteiger partial charge in [0, 0.05) is 19.7 Å². The van der Waals surface area contributed by atoms with Crippen LogP contribution in [0.1, 0.15) is 17.2 Å². The van der Waals surface area contributed by atoms with Crippen LogP contribution < -0.4 is 18.9 Å². The SMILES string of the molecule is COCCN1C(=O)C(=O)/C(=C(/O)c2cc(OC)c(Cl)cc2OC)C1c1ccc(OC)c(OC)c1. The fourth-order valence-electron chi connectivity index (χ4n) is 3.86. The van der Waals surface area contributed by atoms with Gasteiger partial charge in [0.1, 0.15) is 17.3 Å². The topological polar surface area (TPSA) is 104 Å². The lowest BCUT2D eigenvalue weighted by Gasteiger charge is -2.26. The summed E-state index contributed by atoms with van der Waals surface area (Å²) in [5.41, 5.74) is 0.573. The number of hydrogen-bond acceptors (Lipinski definition) is 8. The smallest absolute Gasteiger partial charge is 0.295 e. The van der Waals surface area contributed by atoms with Gasteiger partial charge in [-0.3, -0.25) is 9.59 Å². The number of aliphatic hydroxyl groups excluding tert-OH is 1. The third-order valence-corrected chi connectivity index (χ3v) is 5.82. The zero-order valence-corrected chi connectivity index (χ0v) is 20.3. The molecule has 1 amide bonds. The highest BCUT2D eigenvalue weighted by Crippen LogP contribution is 2.44. The van der Waals surface area contributed by atoms with Crippen molar-refractivity contribution in [3.8, 4) is 23.0 Å². The van der Waals surface area contributed by atoms with Crippen molar-refractivity contribution in [1.82, 2.24) is 4.90 Å². The minimum absolute atomic E-state index is 0.115. The number of likely N-dealkylation sites (tertiary alicyclic amines) is 1. The summed E-state index contributed by atoms with van der Waals surface area (Å²) in [6.07, 6.45) is 0. The number of hydrogen-bond donors (Lipinski definition) is 1. The largest absolute Gasteiger partial charge is 0.507 e. The van der Waals surface area contributed by atoms with E-state index in [0.29, 0.717) is 17.1 Å². The molecule has 2 aromatic carbocycles. The fraction of sp³-hybridized carbons (Fsp3) is 0.333. The van der Waals surface area contributed by atoms with Gasteiger partial charge in [-0.25, -0.2) is 0 Å². The third-order valence-electron chi connectivity index (χ3n) is 5.53. The number of Topliss-reactive ketones (excluding diaryl/α,β-unsaturated/α-hetero) is 1. The van der Waals surface area contributed by atoms with Crippen molar-refractivity contribution in [2.24, 2.45) is 0 Å². The zero-order chi connectivity index (χ0) is 25.0. The second-order valence-corrected chi connectivity index (χ2v) is 7.69. The molecule has 182 valence electrons. The van der Waals surface area contributed by atoms with E-state index in [1.165, 1.54) is 52.6 Å². The average Bonchev–Trinajstić information content (AvgIpc) is 3.11. The molecular formula is C24H26ClNO8. The number of amides is 1. The van der Waals surface area contributed by atoms with Gasteiger partial charge in [-0.05, 0) is 23.8 Å². The maximum absolute atomic E-state index is 13.2. The molecule has 2 aromatic rings. The van der Waals surface area contributed by atoms with Crippen LogP contribution in [0, 0.1) is 0 Å². The number of rotatable bonds is 9. The van der Waals surface area contributed by atoms with Gasteiger partial charge < -0.3 is 33.7 Å². The van der Waals surface area contributed by atoms with Crippen LogP contribution in [0.2, 0.25) is 5.02 Å². The number of ether oxygens (including phenoxy) is 5. The Morgan fingerprint density at radius 2 is 1.56 bits per heavy atom. The summed E-state index contributed by atoms with van der Waals surface area (Å²) in [6.45, 7) is 0.312. The highest BCUT2D eigenvalue weighted by molar-refractivity contribution is 6.46. The van der Waals surface area contributed by atoms with Gasteiger partial charge in [0.2, 0.25) is 0 Å². The van der Waals surface area contributed by atoms with Gasteiger partial charge >= 0.3 is 0 Å². The second-order valence-electron chi connectivity index (χ2n) is 7.29. The molecule has 1 aliphatic heterocycles. The van der Waals surface area contributed by atoms with Crippen LogP contribution in [0.15, 0.2) is 35.9 Å². The summed E-state index contributed by atoms with van der Waals surface area (Å²) < 4.78 is 26.5. The Morgan fingerprint density at radius 3 is 2.15 bits per heavy atom. The maximum atomic E-state index is 13.2. The lowest BCUT2D eigenvalue weighted by atomic mass is 9.94. The van der Waals surface area contributed by atoms with Gasteiger partial charge in [0.15, 0.2) is 11.5 Å². The van der Waals surface area contributed by atoms with Crippen LogP contribution in [0.5, 0.6) is 23.0 Å². The van der Waals surface area contributed by atoms with Crippen LogP contribution in [-0.4, -0.2) is 70.4 Å². The molecule has 0 radical (unpaired) electrons. The highest BCUT2D eigenvalue weighted by Gasteiger charge is 2.46. The quantitative estimate of drug-likeness (QED) is 0.323. The molecule has 0 aliphatic carbocycles. The number of carbonyl (C=O) groups is 2. The molecule has 1 heterocycles. The van der Waals surface area contributed by atoms with Crippen LogP contribution in [0.3, 0.4) is 0 Å². The summed E-state index contributed by atoms with van der Waals surface area (Å²) in [5, 5.41) is 11.6. The Bertz CT molecular complexity index is 1130. The fourth-order valence-corrected chi connectivity index (χ4v) is 4.09. The van der Waals surface area contributed by atoms with E-state index < -0.39 is 23.5 Å². The van der Waals surface area contributed by atoms with Crippen molar-refractivity contribution in [2.45, 2.75) is 6.04 Å². The number of ketones is 1. The molecule has 1 N–H and O–H groups in total. The van der Waals surface area contributed by atoms with Crippen molar-refractivity contribution in [3.63, 3.8) is 0 Å². The Hall–Kier alpha value is -3.43. The van der Waals surface area contributed by atoms with Crippen LogP contribution in [-0.2, 0) is 14.3 Å². The maximum Gasteiger partial charge on any atom is 0.295 e. The average molecular weight is 492 g/mol. The van der Waals surface area contributed by atoms with E-state index in [1.807, 2.05) is 0 Å². The van der Waals surface area contributed by atoms with Gasteiger partial charge in [-0.1, -0.05) is 17.7 Å². The molecule has 10 heteroatoms. The first kappa shape index (κ1) is 25.2. The van der Waals surface area contributed by atoms with Crippen LogP contribution >= 0.6 is 11.6 Å². The van der Waals surface area contributed by atoms with Gasteiger partial charge in [0.25, 0.3) is 11.7 Å². The predicted molar refractivity (Wildman–Crippen MR) is 125 cm³/mol. The lowest BCUT2D eigenvalue weighted by Crippen LogP contribution is -2.32. The van der Waals surface area contributed by atoms with Crippen molar-refractivity contribution in [1.29, 1.82) is 0 Å². The number of methoxy groups -OCH3 is 5. The van der Waals surface area contributed by atoms with Gasteiger partial charge in [-0.15, -0.1) is 0 Å². The van der Waals surface area contributed by atoms with Crippen LogP contribution in [0.4, 0.5) is 0 Å². The highest BCUT2D eigenvalue weighted by atomic mass is 35.5. The zero-order valence-electron chi connectivity index (χ0n) is 19.5. The van der Waals surface area contributed by atoms with Crippen molar-refractivity contribution < 1.29 is 38.4 Å². The predicted octanol–water partition coefficient (Wildman–Crippen LogP) is 3.44. The molecule has 0 bridgehead atoms. The normalized spacial score (nSPS) is 17.1. The second kappa shape index (κ2) is 10.7. The molecule has 1 aliphatic rings. The number of nitrogens with zero attached hydrogens (tertiary/aromatic N) is 1. The van der Waals surface area contributed by atoms with Gasteiger partial charge in [0.05, 0.1) is 57.2 Å². The summed E-state index contributed by atoms with van der Waals surface area (Å²) in [6, 6.07) is 7.01. The molecule has 9 nitrogen and oxygen atoms in total. The van der Waals surface area contributed by atoms with E-state index in [9.17, 15) is 14.7 Å². The lowest BCUT2D eigenvalue weighted by molar-refractivity contribution is -0.140. The number of carbonyl (C=O) groups excluding carboxylic acids is 2. The summed E-state index contributed by atoms with van der Waals surface area (Å²) >= 11 is 6.19. The Kier molecular flexibility index (Phi) is 7.90. The van der Waals surface area contributed by atoms with E-state index in [-0.39, 0.29) is 40.8 Å². The minimum atomic E-state index is -0.915. The molecule has 0 aromatic heterocycles. The summed E-state index contributed by atoms with van der Waals surface area (Å²) in [4.78, 5) is 27.5. The summed E-state index contributed by atoms with van der Waals surface area (Å²) in [7, 11) is 7.30. The molecular weight excluding hydrogens is 466 g/mol. The number of aliphatic hydroxyl groups is 1. The van der Waals surface area contributed by atoms with E-state index in [0.717, 1.165) is 0 Å². The first-order valence-electron chi connectivity index (χ1n) is 10.2. The molecule has 0 saturated carbocycles. The van der Waals surface area contributed by atoms with E-state index in [2.05, 4.69) is 0 Å². The minimum Gasteiger partial charge on any atom is -0.507 e. The summed E-state index contributed by atoms with van der Waals surface area (Å²) in [5.74, 6) is -0.683. The molecule has 3 rings (SSSR count). The first-order chi connectivity index (χ1) is 16.3. The van der Waals surface area contributed by atoms with E-state index in [1.54, 1.807) is 18.2 Å². The molecule has 1 saturated heterocycles. The number of halogens is 1.